The van der Waals surface area contributed by atoms with Crippen molar-refractivity contribution in [1.29, 1.82) is 0 Å². The van der Waals surface area contributed by atoms with E-state index in [1.807, 2.05) is 19.1 Å². The fraction of sp³-hybridized carbons (Fsp3) is 0.533. The molecular formula is C60H76Cl3N9O10. The lowest BCUT2D eigenvalue weighted by Crippen LogP contribution is -2.41. The lowest BCUT2D eigenvalue weighted by Gasteiger charge is -2.34. The van der Waals surface area contributed by atoms with E-state index in [1.54, 1.807) is 19.2 Å². The minimum Gasteiger partial charge on any atom is -0.507 e. The Morgan fingerprint density at radius 1 is 0.476 bits per heavy atom. The van der Waals surface area contributed by atoms with Crippen LogP contribution in [0.25, 0.3) is 33.8 Å². The summed E-state index contributed by atoms with van der Waals surface area (Å²) in [5.74, 6) is 1.08. The van der Waals surface area contributed by atoms with Crippen molar-refractivity contribution in [3.05, 3.63) is 85.2 Å². The molecule has 82 heavy (non-hydrogen) atoms. The quantitative estimate of drug-likeness (QED) is 0.0584. The second-order valence-corrected chi connectivity index (χ2v) is 24.2. The molecule has 1 amide bonds. The standard InChI is InChI=1S/C20H24ClN3O4.2C20H26ClN3O3/c1-28-12-4-2-11(3-5-12)20(27)24-7-6-16-14(10-24)19(23-22-16)13-8-15(21)18(26)9-17(13)25;2*1-27-13-4-2-12(3-5-13)10-24-7-6-17-15(11-24)20(23-22-17)14-8-16(21)19(26)9-18(14)25/h8-9,11-12,25-26H,2-7,10H2,1H3,(H,22,23);2*8-9,12-13,25-26H,2-7,10-11H2,1H3,(H,22,23). The number of hydrogen-bond acceptors (Lipinski definition) is 15. The highest BCUT2D eigenvalue weighted by Crippen LogP contribution is 2.43. The van der Waals surface area contributed by atoms with Crippen LogP contribution in [-0.4, -0.2) is 154 Å². The van der Waals surface area contributed by atoms with Crippen molar-refractivity contribution in [3.63, 3.8) is 0 Å². The summed E-state index contributed by atoms with van der Waals surface area (Å²) in [7, 11) is 5.34. The number of halogens is 3. The molecule has 3 aromatic heterocycles. The maximum absolute atomic E-state index is 13.0. The number of benzene rings is 3. The molecule has 3 saturated carbocycles. The number of amides is 1. The molecule has 6 heterocycles. The van der Waals surface area contributed by atoms with Gasteiger partial charge in [-0.2, -0.15) is 15.3 Å². The zero-order chi connectivity index (χ0) is 57.8. The number of methoxy groups -OCH3 is 3. The summed E-state index contributed by atoms with van der Waals surface area (Å²) in [6.07, 6.45) is 16.7. The molecule has 0 saturated heterocycles. The number of phenols is 6. The van der Waals surface area contributed by atoms with Crippen LogP contribution in [0.15, 0.2) is 36.4 Å². The molecule has 3 aliphatic heterocycles. The Balaban J connectivity index is 0.000000138. The molecule has 3 aliphatic carbocycles. The average molecular weight is 1190 g/mol. The second kappa shape index (κ2) is 26.4. The molecule has 12 rings (SSSR count). The number of fused-ring (bicyclic) bond motifs is 3. The van der Waals surface area contributed by atoms with Crippen LogP contribution >= 0.6 is 34.8 Å². The number of rotatable bonds is 11. The fourth-order valence-electron chi connectivity index (χ4n) is 13.0. The molecule has 3 aromatic carbocycles. The largest absolute Gasteiger partial charge is 0.507 e. The molecule has 22 heteroatoms. The van der Waals surface area contributed by atoms with Crippen LogP contribution in [0.1, 0.15) is 111 Å². The van der Waals surface area contributed by atoms with Crippen molar-refractivity contribution < 1.29 is 49.6 Å². The van der Waals surface area contributed by atoms with Crippen molar-refractivity contribution in [2.45, 2.75) is 134 Å². The van der Waals surface area contributed by atoms with Gasteiger partial charge in [0.2, 0.25) is 5.91 Å². The normalized spacial score (nSPS) is 22.9. The van der Waals surface area contributed by atoms with Gasteiger partial charge in [0.1, 0.15) is 51.6 Å². The van der Waals surface area contributed by atoms with Crippen molar-refractivity contribution in [2.24, 2.45) is 17.8 Å². The summed E-state index contributed by atoms with van der Waals surface area (Å²) in [4.78, 5) is 19.9. The molecule has 0 atom stereocenters. The van der Waals surface area contributed by atoms with Crippen LogP contribution in [0, 0.1) is 17.8 Å². The van der Waals surface area contributed by atoms with Gasteiger partial charge in [-0.25, -0.2) is 0 Å². The molecule has 442 valence electrons. The average Bonchev–Trinajstić information content (AvgIpc) is 4.44. The Morgan fingerprint density at radius 2 is 0.805 bits per heavy atom. The first-order chi connectivity index (χ1) is 39.6. The molecule has 19 nitrogen and oxygen atoms in total. The molecule has 3 fully saturated rings. The summed E-state index contributed by atoms with van der Waals surface area (Å²) >= 11 is 18.1. The maximum Gasteiger partial charge on any atom is 0.225 e. The Morgan fingerprint density at radius 3 is 1.16 bits per heavy atom. The highest BCUT2D eigenvalue weighted by atomic mass is 35.5. The number of nitrogens with zero attached hydrogens (tertiary/aromatic N) is 6. The van der Waals surface area contributed by atoms with Crippen LogP contribution in [0.5, 0.6) is 34.5 Å². The Hall–Kier alpha value is -5.77. The first kappa shape index (κ1) is 59.4. The number of aromatic nitrogens is 6. The van der Waals surface area contributed by atoms with Crippen LogP contribution in [0.4, 0.5) is 0 Å². The van der Waals surface area contributed by atoms with E-state index in [1.165, 1.54) is 49.9 Å². The van der Waals surface area contributed by atoms with Crippen LogP contribution < -0.4 is 0 Å². The van der Waals surface area contributed by atoms with Gasteiger partial charge in [-0.3, -0.25) is 29.9 Å². The molecule has 6 aromatic rings. The third-order valence-corrected chi connectivity index (χ3v) is 18.8. The Kier molecular flexibility index (Phi) is 19.1. The summed E-state index contributed by atoms with van der Waals surface area (Å²) < 4.78 is 16.4. The van der Waals surface area contributed by atoms with Crippen LogP contribution in [0.2, 0.25) is 15.1 Å². The number of H-pyrrole nitrogens is 3. The van der Waals surface area contributed by atoms with Gasteiger partial charge in [0.25, 0.3) is 0 Å². The summed E-state index contributed by atoms with van der Waals surface area (Å²) in [6.45, 7) is 6.92. The second-order valence-electron chi connectivity index (χ2n) is 23.0. The number of ether oxygens (including phenoxy) is 3. The van der Waals surface area contributed by atoms with Crippen molar-refractivity contribution in [1.82, 2.24) is 45.3 Å². The zero-order valence-electron chi connectivity index (χ0n) is 46.8. The molecule has 0 spiro atoms. The van der Waals surface area contributed by atoms with E-state index in [0.29, 0.717) is 65.9 Å². The summed E-state index contributed by atoms with van der Waals surface area (Å²) in [6, 6.07) is 8.40. The van der Waals surface area contributed by atoms with E-state index in [4.69, 9.17) is 49.0 Å². The van der Waals surface area contributed by atoms with Crippen molar-refractivity contribution in [3.8, 4) is 68.3 Å². The molecule has 9 N–H and O–H groups in total. The predicted molar refractivity (Wildman–Crippen MR) is 312 cm³/mol. The minimum absolute atomic E-state index is 0.0128. The molecular weight excluding hydrogens is 1110 g/mol. The molecule has 0 bridgehead atoms. The Bertz CT molecular complexity index is 3050. The SMILES string of the molecule is COC1CCC(C(=O)N2CCc3[nH]nc(-c4cc(Cl)c(O)cc4O)c3C2)CC1.COC1CCC(CN2CCc3[nH]nc(-c4cc(Cl)c(O)cc4O)c3C2)CC1.COC1CCC(CN2CCc3[nH]nc(-c4cc(Cl)c(O)cc4O)c3C2)CC1. The van der Waals surface area contributed by atoms with E-state index in [2.05, 4.69) is 40.4 Å². The fourth-order valence-corrected chi connectivity index (χ4v) is 13.5. The van der Waals surface area contributed by atoms with Gasteiger partial charge in [-0.1, -0.05) is 34.8 Å². The summed E-state index contributed by atoms with van der Waals surface area (Å²) in [5.41, 5.74) is 9.87. The summed E-state index contributed by atoms with van der Waals surface area (Å²) in [5, 5.41) is 82.8. The predicted octanol–water partition coefficient (Wildman–Crippen LogP) is 10.6. The third kappa shape index (κ3) is 13.4. The highest BCUT2D eigenvalue weighted by molar-refractivity contribution is 6.33. The molecule has 6 aliphatic rings. The van der Waals surface area contributed by atoms with Crippen molar-refractivity contribution >= 4 is 40.7 Å². The minimum atomic E-state index is -0.184. The van der Waals surface area contributed by atoms with E-state index in [-0.39, 0.29) is 67.5 Å². The lowest BCUT2D eigenvalue weighted by molar-refractivity contribution is -0.138. The number of carbonyl (C=O) groups excluding carboxylic acids is 1. The maximum atomic E-state index is 13.0. The van der Waals surface area contributed by atoms with Gasteiger partial charge in [-0.05, 0) is 107 Å². The molecule has 0 unspecified atom stereocenters. The van der Waals surface area contributed by atoms with Crippen LogP contribution in [-0.2, 0) is 57.9 Å². The number of phenolic OH excluding ortho intramolecular Hbond substituents is 6. The van der Waals surface area contributed by atoms with Gasteiger partial charge in [0.15, 0.2) is 0 Å². The van der Waals surface area contributed by atoms with E-state index < -0.39 is 0 Å². The van der Waals surface area contributed by atoms with Gasteiger partial charge in [0, 0.05) is 168 Å². The first-order valence-electron chi connectivity index (χ1n) is 28.7. The monoisotopic (exact) mass is 1190 g/mol. The topological polar surface area (TPSA) is 262 Å². The number of aromatic amines is 3. The van der Waals surface area contributed by atoms with Gasteiger partial charge < -0.3 is 49.7 Å². The highest BCUT2D eigenvalue weighted by Gasteiger charge is 2.35. The number of hydrogen-bond donors (Lipinski definition) is 9. The van der Waals surface area contributed by atoms with Crippen molar-refractivity contribution in [2.75, 3.05) is 54.1 Å². The van der Waals surface area contributed by atoms with E-state index in [9.17, 15) is 35.4 Å². The number of aromatic hydroxyl groups is 6. The third-order valence-electron chi connectivity index (χ3n) is 17.9. The van der Waals surface area contributed by atoms with E-state index in [0.717, 1.165) is 149 Å². The zero-order valence-corrected chi connectivity index (χ0v) is 49.1. The smallest absolute Gasteiger partial charge is 0.225 e. The number of carbonyl (C=O) groups is 1. The van der Waals surface area contributed by atoms with Gasteiger partial charge in [-0.15, -0.1) is 0 Å². The first-order valence-corrected chi connectivity index (χ1v) is 29.9. The Labute approximate surface area is 492 Å². The van der Waals surface area contributed by atoms with Gasteiger partial charge >= 0.3 is 0 Å². The van der Waals surface area contributed by atoms with Gasteiger partial charge in [0.05, 0.1) is 33.4 Å². The molecule has 0 radical (unpaired) electrons. The van der Waals surface area contributed by atoms with E-state index >= 15 is 0 Å². The lowest BCUT2D eigenvalue weighted by atomic mass is 9.86. The van der Waals surface area contributed by atoms with Crippen LogP contribution in [0.3, 0.4) is 0 Å². The number of nitrogens with one attached hydrogen (secondary N) is 3.